The highest BCUT2D eigenvalue weighted by Gasteiger charge is 2.76. The van der Waals surface area contributed by atoms with E-state index in [0.717, 1.165) is 0 Å². The average molecular weight is 685 g/mol. The molecule has 2 aliphatic heterocycles. The lowest BCUT2D eigenvalue weighted by Gasteiger charge is -2.72. The van der Waals surface area contributed by atoms with Gasteiger partial charge in [-0.2, -0.15) is 0 Å². The van der Waals surface area contributed by atoms with E-state index >= 15 is 0 Å². The smallest absolute Gasteiger partial charge is 0.303 e. The molecule has 204 valence electrons. The first-order valence-corrected chi connectivity index (χ1v) is 15.1. The SMILES string of the molecule is CC(=O)O[C@@H]1C[C@@H](Br)[C@@]2(C)[C@@H]([C@@H]1C)[C@@H]1[C@@H]3[C@H](OC(C)=O)C[C@@](C)(OC3(C)CI)[C@H]1[C@@H](O)[C@@H]2OC(C)=O. The lowest BCUT2D eigenvalue weighted by atomic mass is 9.40. The molecule has 1 N–H and O–H groups in total. The molecule has 5 aliphatic rings. The molecule has 2 heterocycles. The normalized spacial score (nSPS) is 51.5. The molecule has 0 amide bonds. The Balaban J connectivity index is 1.93. The molecule has 0 radical (unpaired) electrons. The highest BCUT2D eigenvalue weighted by Crippen LogP contribution is 2.69. The summed E-state index contributed by atoms with van der Waals surface area (Å²) in [5.41, 5.74) is -2.07. The molecule has 0 aromatic heterocycles. The highest BCUT2D eigenvalue weighted by atomic mass is 127. The number of carbonyl (C=O) groups is 3. The van der Waals surface area contributed by atoms with Crippen LogP contribution in [0.5, 0.6) is 0 Å². The van der Waals surface area contributed by atoms with Crippen molar-refractivity contribution in [2.45, 2.75) is 102 Å². The van der Waals surface area contributed by atoms with Gasteiger partial charge in [0.05, 0.1) is 17.3 Å². The molecule has 1 unspecified atom stereocenters. The van der Waals surface area contributed by atoms with E-state index in [1.807, 2.05) is 6.92 Å². The summed E-state index contributed by atoms with van der Waals surface area (Å²) in [6.45, 7) is 12.4. The van der Waals surface area contributed by atoms with E-state index in [4.69, 9.17) is 18.9 Å². The average Bonchev–Trinajstić information content (AvgIpc) is 2.73. The van der Waals surface area contributed by atoms with Gasteiger partial charge in [-0.3, -0.25) is 14.4 Å². The van der Waals surface area contributed by atoms with Crippen LogP contribution in [0.3, 0.4) is 0 Å². The molecule has 5 rings (SSSR count). The second-order valence-electron chi connectivity index (χ2n) is 12.0. The van der Waals surface area contributed by atoms with Crippen molar-refractivity contribution in [2.24, 2.45) is 35.0 Å². The van der Waals surface area contributed by atoms with Gasteiger partial charge in [-0.1, -0.05) is 52.4 Å². The molecular weight excluding hydrogens is 647 g/mol. The molecule has 10 heteroatoms. The Labute approximate surface area is 235 Å². The number of rotatable bonds is 4. The zero-order valence-corrected chi connectivity index (χ0v) is 25.7. The molecule has 13 atom stereocenters. The molecule has 8 nitrogen and oxygen atoms in total. The second kappa shape index (κ2) is 9.62. The molecule has 0 aromatic carbocycles. The summed E-state index contributed by atoms with van der Waals surface area (Å²) >= 11 is 6.20. The van der Waals surface area contributed by atoms with Crippen molar-refractivity contribution in [1.82, 2.24) is 0 Å². The zero-order chi connectivity index (χ0) is 27.0. The van der Waals surface area contributed by atoms with Gasteiger partial charge in [-0.15, -0.1) is 0 Å². The Bertz CT molecular complexity index is 932. The predicted molar refractivity (Wildman–Crippen MR) is 143 cm³/mol. The van der Waals surface area contributed by atoms with Crippen LogP contribution in [0.1, 0.15) is 61.3 Å². The topological polar surface area (TPSA) is 108 Å². The van der Waals surface area contributed by atoms with Gasteiger partial charge in [0.1, 0.15) is 18.3 Å². The molecule has 3 saturated carbocycles. The lowest BCUT2D eigenvalue weighted by Crippen LogP contribution is -2.80. The van der Waals surface area contributed by atoms with Crippen molar-refractivity contribution in [1.29, 1.82) is 0 Å². The maximum absolute atomic E-state index is 12.3. The van der Waals surface area contributed by atoms with Crippen molar-refractivity contribution >= 4 is 56.4 Å². The molecule has 3 aliphatic carbocycles. The first-order valence-electron chi connectivity index (χ1n) is 12.7. The van der Waals surface area contributed by atoms with E-state index in [1.54, 1.807) is 0 Å². The number of alkyl halides is 2. The van der Waals surface area contributed by atoms with Gasteiger partial charge >= 0.3 is 17.9 Å². The van der Waals surface area contributed by atoms with Crippen molar-refractivity contribution in [3.63, 3.8) is 0 Å². The third-order valence-electron chi connectivity index (χ3n) is 9.60. The number of carbonyl (C=O) groups excluding carboxylic acids is 3. The highest BCUT2D eigenvalue weighted by molar-refractivity contribution is 14.1. The summed E-state index contributed by atoms with van der Waals surface area (Å²) in [5, 5.41) is 12.0. The summed E-state index contributed by atoms with van der Waals surface area (Å²) in [6.07, 6.45) is -1.47. The fraction of sp³-hybridized carbons (Fsp3) is 0.885. The Hall–Kier alpha value is -0.460. The van der Waals surface area contributed by atoms with Crippen LogP contribution in [-0.2, 0) is 33.3 Å². The number of aliphatic hydroxyl groups excluding tert-OH is 1. The van der Waals surface area contributed by atoms with E-state index in [1.165, 1.54) is 20.8 Å². The van der Waals surface area contributed by atoms with Crippen LogP contribution in [-0.4, -0.2) is 67.9 Å². The minimum Gasteiger partial charge on any atom is -0.462 e. The maximum Gasteiger partial charge on any atom is 0.303 e. The number of ether oxygens (including phenoxy) is 4. The van der Waals surface area contributed by atoms with E-state index in [2.05, 4.69) is 59.3 Å². The summed E-state index contributed by atoms with van der Waals surface area (Å²) in [4.78, 5) is 36.3. The molecule has 2 saturated heterocycles. The monoisotopic (exact) mass is 684 g/mol. The van der Waals surface area contributed by atoms with Gasteiger partial charge in [0.15, 0.2) is 0 Å². The van der Waals surface area contributed by atoms with E-state index in [-0.39, 0.29) is 58.6 Å². The molecule has 5 fully saturated rings. The predicted octanol–water partition coefficient (Wildman–Crippen LogP) is 3.82. The van der Waals surface area contributed by atoms with Gasteiger partial charge in [0.2, 0.25) is 0 Å². The van der Waals surface area contributed by atoms with E-state index in [9.17, 15) is 19.5 Å². The Morgan fingerprint density at radius 2 is 1.53 bits per heavy atom. The molecule has 2 bridgehead atoms. The zero-order valence-electron chi connectivity index (χ0n) is 22.0. The second-order valence-corrected chi connectivity index (χ2v) is 13.8. The van der Waals surface area contributed by atoms with Crippen molar-refractivity contribution in [2.75, 3.05) is 4.43 Å². The van der Waals surface area contributed by atoms with Gasteiger partial charge in [0.25, 0.3) is 0 Å². The minimum atomic E-state index is -0.970. The number of hydrogen-bond acceptors (Lipinski definition) is 8. The first kappa shape index (κ1) is 28.5. The number of hydrogen-bond donors (Lipinski definition) is 1. The summed E-state index contributed by atoms with van der Waals surface area (Å²) in [5.74, 6) is -2.01. The number of esters is 3. The largest absolute Gasteiger partial charge is 0.462 e. The molecule has 0 spiro atoms. The summed E-state index contributed by atoms with van der Waals surface area (Å²) in [6, 6.07) is 0. The van der Waals surface area contributed by atoms with Crippen LogP contribution < -0.4 is 0 Å². The van der Waals surface area contributed by atoms with Crippen LogP contribution in [0.25, 0.3) is 0 Å². The fourth-order valence-corrected chi connectivity index (χ4v) is 10.2. The van der Waals surface area contributed by atoms with Gasteiger partial charge in [0, 0.05) is 53.7 Å². The molecule has 0 aromatic rings. The third kappa shape index (κ3) is 4.24. The number of halogens is 2. The summed E-state index contributed by atoms with van der Waals surface area (Å²) < 4.78 is 25.1. The third-order valence-corrected chi connectivity index (χ3v) is 12.5. The van der Waals surface area contributed by atoms with Crippen LogP contribution in [0.2, 0.25) is 0 Å². The standard InChI is InChI=1S/C26H38BrIO8/c1-11-15(33-12(2)29)8-17(27)26(7)19(11)18-20-16(34-13(3)30)9-24(5,36-25(20,6)10-28)21(18)22(32)23(26)35-14(4)31/h11,15-23,32H,8-10H2,1-7H3/t11-,15-,16-,17-,18-,19+,20+,21-,22-,23+,24-,25?,26+/m1/s1. The Morgan fingerprint density at radius 1 is 0.972 bits per heavy atom. The van der Waals surface area contributed by atoms with Crippen LogP contribution in [0, 0.1) is 35.0 Å². The van der Waals surface area contributed by atoms with Crippen LogP contribution in [0.15, 0.2) is 0 Å². The molecule has 36 heavy (non-hydrogen) atoms. The summed E-state index contributed by atoms with van der Waals surface area (Å²) in [7, 11) is 0. The number of aliphatic hydroxyl groups is 1. The van der Waals surface area contributed by atoms with Gasteiger partial charge in [-0.25, -0.2) is 0 Å². The Kier molecular flexibility index (Phi) is 7.63. The van der Waals surface area contributed by atoms with Crippen LogP contribution in [0.4, 0.5) is 0 Å². The minimum absolute atomic E-state index is 0.0925. The van der Waals surface area contributed by atoms with E-state index < -0.39 is 34.8 Å². The lowest BCUT2D eigenvalue weighted by molar-refractivity contribution is -0.364. The van der Waals surface area contributed by atoms with Crippen LogP contribution >= 0.6 is 38.5 Å². The quantitative estimate of drug-likeness (QED) is 0.206. The first-order chi connectivity index (χ1) is 16.6. The fourth-order valence-electron chi connectivity index (χ4n) is 8.64. The maximum atomic E-state index is 12.3. The van der Waals surface area contributed by atoms with Gasteiger partial charge in [-0.05, 0) is 38.0 Å². The van der Waals surface area contributed by atoms with Crippen molar-refractivity contribution < 1.29 is 38.4 Å². The van der Waals surface area contributed by atoms with E-state index in [0.29, 0.717) is 17.3 Å². The number of fused-ring (bicyclic) bond motifs is 3. The molecular formula is C26H38BrIO8. The Morgan fingerprint density at radius 3 is 2.06 bits per heavy atom. The van der Waals surface area contributed by atoms with Crippen molar-refractivity contribution in [3.8, 4) is 0 Å². The van der Waals surface area contributed by atoms with Gasteiger partial charge < -0.3 is 24.1 Å². The van der Waals surface area contributed by atoms with Crippen molar-refractivity contribution in [3.05, 3.63) is 0 Å².